The lowest BCUT2D eigenvalue weighted by Gasteiger charge is -2.32. The van der Waals surface area contributed by atoms with Gasteiger partial charge in [-0.2, -0.15) is 0 Å². The molecule has 0 spiro atoms. The van der Waals surface area contributed by atoms with Crippen LogP contribution in [0.15, 0.2) is 48.7 Å². The number of phenols is 1. The Hall–Kier alpha value is -3.38. The zero-order valence-electron chi connectivity index (χ0n) is 25.8. The molecule has 1 N–H and O–H groups in total. The zero-order valence-corrected chi connectivity index (χ0v) is 25.8. The van der Waals surface area contributed by atoms with E-state index in [9.17, 15) is 5.11 Å². The third-order valence-corrected chi connectivity index (χ3v) is 10.5. The summed E-state index contributed by atoms with van der Waals surface area (Å²) in [4.78, 5) is 9.82. The predicted octanol–water partition coefficient (Wildman–Crippen LogP) is 8.34. The molecule has 1 aromatic heterocycles. The number of hydrogen-bond acceptors (Lipinski definition) is 5. The van der Waals surface area contributed by atoms with Gasteiger partial charge >= 0.3 is 0 Å². The molecule has 3 aliphatic rings. The number of aryl methyl sites for hydroxylation is 1. The van der Waals surface area contributed by atoms with Crippen molar-refractivity contribution in [1.82, 2.24) is 9.88 Å². The van der Waals surface area contributed by atoms with Gasteiger partial charge in [-0.1, -0.05) is 39.0 Å². The van der Waals surface area contributed by atoms with Gasteiger partial charge in [-0.25, -0.2) is 4.39 Å². The van der Waals surface area contributed by atoms with E-state index >= 15 is 4.39 Å². The first kappa shape index (κ1) is 28.4. The highest BCUT2D eigenvalue weighted by Crippen LogP contribution is 2.43. The Morgan fingerprint density at radius 3 is 2.47 bits per heavy atom. The van der Waals surface area contributed by atoms with Gasteiger partial charge in [0.1, 0.15) is 23.8 Å². The highest BCUT2D eigenvalue weighted by atomic mass is 19.1. The SMILES string of the molecule is CCc1cccc2cc(O)cc(-c3ncc4c(N5CC(C)CCC(C)C5)cc(OCC56CCCN5CCC6)cc4c3F)c12. The van der Waals surface area contributed by atoms with Crippen LogP contribution in [0.1, 0.15) is 64.9 Å². The maximum atomic E-state index is 16.9. The Labute approximate surface area is 254 Å². The molecule has 3 fully saturated rings. The Balaban J connectivity index is 1.38. The van der Waals surface area contributed by atoms with Gasteiger partial charge in [0.15, 0.2) is 5.82 Å². The number of aromatic nitrogens is 1. The minimum absolute atomic E-state index is 0.110. The zero-order chi connectivity index (χ0) is 29.7. The molecule has 3 saturated heterocycles. The summed E-state index contributed by atoms with van der Waals surface area (Å²) >= 11 is 0. The molecule has 43 heavy (non-hydrogen) atoms. The molecule has 226 valence electrons. The second-order valence-corrected chi connectivity index (χ2v) is 13.6. The van der Waals surface area contributed by atoms with Crippen molar-refractivity contribution in [2.24, 2.45) is 11.8 Å². The fraction of sp³-hybridized carbons (Fsp3) is 0.486. The molecule has 2 atom stereocenters. The molecule has 7 rings (SSSR count). The maximum Gasteiger partial charge on any atom is 0.157 e. The van der Waals surface area contributed by atoms with E-state index in [1.54, 1.807) is 12.1 Å². The summed E-state index contributed by atoms with van der Waals surface area (Å²) in [6.45, 7) is 11.5. The van der Waals surface area contributed by atoms with Crippen molar-refractivity contribution in [3.8, 4) is 22.8 Å². The third-order valence-electron chi connectivity index (χ3n) is 10.5. The number of fused-ring (bicyclic) bond motifs is 3. The molecule has 6 heteroatoms. The van der Waals surface area contributed by atoms with E-state index in [1.165, 1.54) is 38.5 Å². The van der Waals surface area contributed by atoms with Crippen LogP contribution < -0.4 is 9.64 Å². The van der Waals surface area contributed by atoms with Crippen LogP contribution in [0.4, 0.5) is 10.1 Å². The van der Waals surface area contributed by atoms with Crippen LogP contribution in [0.3, 0.4) is 0 Å². The number of nitrogens with zero attached hydrogens (tertiary/aromatic N) is 3. The second-order valence-electron chi connectivity index (χ2n) is 13.6. The number of pyridine rings is 1. The van der Waals surface area contributed by atoms with Crippen LogP contribution in [-0.4, -0.2) is 53.3 Å². The van der Waals surface area contributed by atoms with E-state index in [-0.39, 0.29) is 22.8 Å². The summed E-state index contributed by atoms with van der Waals surface area (Å²) in [6, 6.07) is 13.5. The van der Waals surface area contributed by atoms with Crippen molar-refractivity contribution in [1.29, 1.82) is 0 Å². The lowest BCUT2D eigenvalue weighted by atomic mass is 9.94. The number of phenolic OH excluding ortho intramolecular Hbond substituents is 1. The van der Waals surface area contributed by atoms with Gasteiger partial charge in [0.25, 0.3) is 0 Å². The number of rotatable bonds is 6. The van der Waals surface area contributed by atoms with Crippen LogP contribution in [0.2, 0.25) is 0 Å². The van der Waals surface area contributed by atoms with Crippen LogP contribution in [-0.2, 0) is 6.42 Å². The van der Waals surface area contributed by atoms with Crippen molar-refractivity contribution in [3.05, 3.63) is 60.0 Å². The van der Waals surface area contributed by atoms with E-state index in [2.05, 4.69) is 42.7 Å². The predicted molar refractivity (Wildman–Crippen MR) is 174 cm³/mol. The summed E-state index contributed by atoms with van der Waals surface area (Å²) < 4.78 is 23.6. The summed E-state index contributed by atoms with van der Waals surface area (Å²) in [5, 5.41) is 13.8. The van der Waals surface area contributed by atoms with Gasteiger partial charge in [0.05, 0.1) is 5.54 Å². The maximum absolute atomic E-state index is 16.9. The molecule has 4 aromatic rings. The minimum atomic E-state index is -0.362. The van der Waals surface area contributed by atoms with Crippen molar-refractivity contribution in [2.75, 3.05) is 37.7 Å². The molecule has 0 radical (unpaired) electrons. The Morgan fingerprint density at radius 2 is 1.74 bits per heavy atom. The molecule has 0 saturated carbocycles. The number of aromatic hydroxyl groups is 1. The van der Waals surface area contributed by atoms with Gasteiger partial charge in [-0.15, -0.1) is 0 Å². The van der Waals surface area contributed by atoms with E-state index in [4.69, 9.17) is 9.72 Å². The average Bonchev–Trinajstić information content (AvgIpc) is 3.53. The Kier molecular flexibility index (Phi) is 7.45. The standard InChI is InChI=1S/C37H44FN3O2/c1-4-26-8-5-9-27-16-28(42)17-31(34(26)27)36-35(38)30-18-29(43-23-37-12-6-14-41(37)15-7-13-37)19-33(32(30)20-39-36)40-21-24(2)10-11-25(3)22-40/h5,8-9,16-20,24-25,42H,4,6-7,10-15,21-23H2,1-3H3. The van der Waals surface area contributed by atoms with Gasteiger partial charge in [0.2, 0.25) is 0 Å². The molecule has 0 aliphatic carbocycles. The summed E-state index contributed by atoms with van der Waals surface area (Å²) in [5.74, 6) is 1.58. The Morgan fingerprint density at radius 1 is 1.00 bits per heavy atom. The first-order valence-corrected chi connectivity index (χ1v) is 16.4. The Bertz CT molecular complexity index is 1650. The van der Waals surface area contributed by atoms with Crippen LogP contribution in [0.5, 0.6) is 11.5 Å². The highest BCUT2D eigenvalue weighted by molar-refractivity contribution is 6.03. The lowest BCUT2D eigenvalue weighted by Crippen LogP contribution is -2.43. The third kappa shape index (κ3) is 5.12. The quantitative estimate of drug-likeness (QED) is 0.248. The summed E-state index contributed by atoms with van der Waals surface area (Å²) in [6.07, 6.45) is 9.82. The summed E-state index contributed by atoms with van der Waals surface area (Å²) in [7, 11) is 0. The minimum Gasteiger partial charge on any atom is -0.508 e. The smallest absolute Gasteiger partial charge is 0.157 e. The molecular weight excluding hydrogens is 537 g/mol. The van der Waals surface area contributed by atoms with Gasteiger partial charge in [-0.3, -0.25) is 9.88 Å². The van der Waals surface area contributed by atoms with E-state index in [0.717, 1.165) is 65.8 Å². The fourth-order valence-corrected chi connectivity index (χ4v) is 8.20. The molecule has 0 amide bonds. The number of hydrogen-bond donors (Lipinski definition) is 1. The van der Waals surface area contributed by atoms with Crippen molar-refractivity contribution < 1.29 is 14.2 Å². The largest absolute Gasteiger partial charge is 0.508 e. The molecule has 3 aliphatic heterocycles. The molecule has 0 bridgehead atoms. The normalized spacial score (nSPS) is 22.3. The average molecular weight is 582 g/mol. The van der Waals surface area contributed by atoms with Crippen molar-refractivity contribution in [3.63, 3.8) is 0 Å². The highest BCUT2D eigenvalue weighted by Gasteiger charge is 2.44. The van der Waals surface area contributed by atoms with E-state index in [0.29, 0.717) is 29.4 Å². The monoisotopic (exact) mass is 581 g/mol. The van der Waals surface area contributed by atoms with Gasteiger partial charge < -0.3 is 14.7 Å². The van der Waals surface area contributed by atoms with Crippen LogP contribution in [0, 0.1) is 17.7 Å². The number of anilines is 1. The fourth-order valence-electron chi connectivity index (χ4n) is 8.20. The molecule has 3 aromatic carbocycles. The molecular formula is C37H44FN3O2. The van der Waals surface area contributed by atoms with Gasteiger partial charge in [0, 0.05) is 47.4 Å². The van der Waals surface area contributed by atoms with Gasteiger partial charge in [-0.05, 0) is 104 Å². The van der Waals surface area contributed by atoms with Crippen molar-refractivity contribution >= 4 is 27.2 Å². The second kappa shape index (κ2) is 11.3. The van der Waals surface area contributed by atoms with Crippen molar-refractivity contribution in [2.45, 2.75) is 71.3 Å². The number of ether oxygens (including phenoxy) is 1. The van der Waals surface area contributed by atoms with E-state index < -0.39 is 0 Å². The van der Waals surface area contributed by atoms with Crippen LogP contribution in [0.25, 0.3) is 32.8 Å². The lowest BCUT2D eigenvalue weighted by molar-refractivity contribution is 0.114. The van der Waals surface area contributed by atoms with E-state index in [1.807, 2.05) is 24.4 Å². The number of halogens is 1. The first-order valence-electron chi connectivity index (χ1n) is 16.4. The van der Waals surface area contributed by atoms with Crippen LogP contribution >= 0.6 is 0 Å². The molecule has 2 unspecified atom stereocenters. The number of benzene rings is 3. The summed E-state index contributed by atoms with van der Waals surface area (Å²) in [5.41, 5.74) is 3.12. The molecule has 4 heterocycles. The molecule has 5 nitrogen and oxygen atoms in total. The first-order chi connectivity index (χ1) is 20.8. The topological polar surface area (TPSA) is 48.8 Å².